The van der Waals surface area contributed by atoms with Crippen molar-refractivity contribution in [2.75, 3.05) is 6.61 Å². The summed E-state index contributed by atoms with van der Waals surface area (Å²) in [6, 6.07) is 3.06. The highest BCUT2D eigenvalue weighted by Crippen LogP contribution is 2.15. The lowest BCUT2D eigenvalue weighted by Gasteiger charge is -2.05. The van der Waals surface area contributed by atoms with E-state index in [1.807, 2.05) is 0 Å². The number of pyridine rings is 1. The zero-order valence-corrected chi connectivity index (χ0v) is 10.9. The van der Waals surface area contributed by atoms with E-state index in [9.17, 15) is 9.59 Å². The Morgan fingerprint density at radius 2 is 2.35 bits per heavy atom. The summed E-state index contributed by atoms with van der Waals surface area (Å²) >= 11 is 0. The predicted molar refractivity (Wildman–Crippen MR) is 67.7 cm³/mol. The first-order chi connectivity index (χ1) is 9.56. The standard InChI is InChI=1S/C12H11N5O3/c1-3-20-12(19)7-4-9(10-6-14-17(2)16-10)15-11(18)8(7)5-13/h4,6H,3H2,1-2H3,(H,15,18). The lowest BCUT2D eigenvalue weighted by molar-refractivity contribution is 0.0525. The number of nitriles is 1. The summed E-state index contributed by atoms with van der Waals surface area (Å²) in [4.78, 5) is 27.4. The number of ether oxygens (including phenoxy) is 1. The maximum absolute atomic E-state index is 11.8. The van der Waals surface area contributed by atoms with Gasteiger partial charge in [-0.05, 0) is 13.0 Å². The second-order valence-corrected chi connectivity index (χ2v) is 3.85. The number of hydrogen-bond acceptors (Lipinski definition) is 6. The second kappa shape index (κ2) is 5.36. The molecule has 8 heteroatoms. The van der Waals surface area contributed by atoms with Crippen molar-refractivity contribution in [2.24, 2.45) is 7.05 Å². The van der Waals surface area contributed by atoms with Gasteiger partial charge in [-0.25, -0.2) is 4.79 Å². The Labute approximate surface area is 113 Å². The van der Waals surface area contributed by atoms with Crippen molar-refractivity contribution in [1.82, 2.24) is 20.0 Å². The fraction of sp³-hybridized carbons (Fsp3) is 0.250. The molecular weight excluding hydrogens is 262 g/mol. The minimum Gasteiger partial charge on any atom is -0.462 e. The summed E-state index contributed by atoms with van der Waals surface area (Å²) in [6.45, 7) is 1.79. The molecule has 1 N–H and O–H groups in total. The molecular formula is C12H11N5O3. The molecule has 0 spiro atoms. The molecule has 0 amide bonds. The maximum atomic E-state index is 11.8. The Kier molecular flexibility index (Phi) is 3.61. The van der Waals surface area contributed by atoms with Crippen LogP contribution >= 0.6 is 0 Å². The minimum absolute atomic E-state index is 0.0845. The van der Waals surface area contributed by atoms with Gasteiger partial charge in [0.2, 0.25) is 0 Å². The van der Waals surface area contributed by atoms with Crippen LogP contribution in [-0.4, -0.2) is 32.6 Å². The third kappa shape index (κ3) is 2.42. The monoisotopic (exact) mass is 273 g/mol. The van der Waals surface area contributed by atoms with Gasteiger partial charge in [0.1, 0.15) is 17.3 Å². The Balaban J connectivity index is 2.61. The Hall–Kier alpha value is -2.95. The smallest absolute Gasteiger partial charge is 0.339 e. The van der Waals surface area contributed by atoms with Crippen molar-refractivity contribution < 1.29 is 9.53 Å². The van der Waals surface area contributed by atoms with E-state index < -0.39 is 11.5 Å². The number of aromatic amines is 1. The molecule has 0 radical (unpaired) electrons. The zero-order valence-electron chi connectivity index (χ0n) is 10.9. The van der Waals surface area contributed by atoms with Crippen molar-refractivity contribution >= 4 is 5.97 Å². The number of carbonyl (C=O) groups excluding carboxylic acids is 1. The molecule has 0 aliphatic carbocycles. The average molecular weight is 273 g/mol. The van der Waals surface area contributed by atoms with Crippen LogP contribution in [0.1, 0.15) is 22.8 Å². The molecule has 2 heterocycles. The Morgan fingerprint density at radius 3 is 2.90 bits per heavy atom. The van der Waals surface area contributed by atoms with Crippen LogP contribution in [0, 0.1) is 11.3 Å². The van der Waals surface area contributed by atoms with Crippen LogP contribution in [0.25, 0.3) is 11.4 Å². The van der Waals surface area contributed by atoms with Gasteiger partial charge in [0.05, 0.1) is 24.1 Å². The Morgan fingerprint density at radius 1 is 1.60 bits per heavy atom. The van der Waals surface area contributed by atoms with Crippen LogP contribution in [0.3, 0.4) is 0 Å². The number of rotatable bonds is 3. The Bertz CT molecular complexity index is 753. The fourth-order valence-corrected chi connectivity index (χ4v) is 1.65. The highest BCUT2D eigenvalue weighted by atomic mass is 16.5. The molecule has 102 valence electrons. The first-order valence-corrected chi connectivity index (χ1v) is 5.78. The first kappa shape index (κ1) is 13.5. The van der Waals surface area contributed by atoms with E-state index >= 15 is 0 Å². The number of aryl methyl sites for hydroxylation is 1. The summed E-state index contributed by atoms with van der Waals surface area (Å²) in [5, 5.41) is 16.9. The third-order valence-corrected chi connectivity index (χ3v) is 2.52. The van der Waals surface area contributed by atoms with E-state index in [1.165, 1.54) is 17.1 Å². The summed E-state index contributed by atoms with van der Waals surface area (Å²) in [6.07, 6.45) is 1.44. The van der Waals surface area contributed by atoms with Crippen molar-refractivity contribution in [3.8, 4) is 17.5 Å². The molecule has 2 aromatic heterocycles. The molecule has 20 heavy (non-hydrogen) atoms. The topological polar surface area (TPSA) is 114 Å². The van der Waals surface area contributed by atoms with Gasteiger partial charge >= 0.3 is 5.97 Å². The molecule has 0 bridgehead atoms. The van der Waals surface area contributed by atoms with E-state index in [0.717, 1.165) is 0 Å². The van der Waals surface area contributed by atoms with Crippen molar-refractivity contribution in [3.63, 3.8) is 0 Å². The van der Waals surface area contributed by atoms with Gasteiger partial charge in [-0.2, -0.15) is 20.3 Å². The predicted octanol–water partition coefficient (Wildman–Crippen LogP) is 0.219. The van der Waals surface area contributed by atoms with Crippen molar-refractivity contribution in [3.05, 3.63) is 33.7 Å². The molecule has 8 nitrogen and oxygen atoms in total. The van der Waals surface area contributed by atoms with E-state index in [2.05, 4.69) is 15.2 Å². The summed E-state index contributed by atoms with van der Waals surface area (Å²) in [7, 11) is 1.62. The first-order valence-electron chi connectivity index (χ1n) is 5.78. The zero-order chi connectivity index (χ0) is 14.7. The number of carbonyl (C=O) groups is 1. The maximum Gasteiger partial charge on any atom is 0.339 e. The number of nitrogens with zero attached hydrogens (tertiary/aromatic N) is 4. The molecule has 0 aliphatic heterocycles. The fourth-order valence-electron chi connectivity index (χ4n) is 1.65. The number of H-pyrrole nitrogens is 1. The minimum atomic E-state index is -0.722. The second-order valence-electron chi connectivity index (χ2n) is 3.85. The van der Waals surface area contributed by atoms with E-state index in [-0.39, 0.29) is 17.7 Å². The molecule has 2 aromatic rings. The molecule has 0 saturated carbocycles. The molecule has 0 aromatic carbocycles. The quantitative estimate of drug-likeness (QED) is 0.800. The molecule has 0 aliphatic rings. The molecule has 0 saturated heterocycles. The van der Waals surface area contributed by atoms with Gasteiger partial charge in [0.15, 0.2) is 0 Å². The largest absolute Gasteiger partial charge is 0.462 e. The van der Waals surface area contributed by atoms with Crippen LogP contribution in [0.15, 0.2) is 17.1 Å². The van der Waals surface area contributed by atoms with Crippen molar-refractivity contribution in [2.45, 2.75) is 6.92 Å². The highest BCUT2D eigenvalue weighted by molar-refractivity contribution is 5.93. The lowest BCUT2D eigenvalue weighted by atomic mass is 10.1. The SMILES string of the molecule is CCOC(=O)c1cc(-c2cnn(C)n2)[nH]c(=O)c1C#N. The third-order valence-electron chi connectivity index (χ3n) is 2.52. The summed E-state index contributed by atoms with van der Waals surface area (Å²) in [5.41, 5.74) is -0.349. The number of aromatic nitrogens is 4. The van der Waals surface area contributed by atoms with E-state index in [1.54, 1.807) is 20.0 Å². The summed E-state index contributed by atoms with van der Waals surface area (Å²) in [5.74, 6) is -0.722. The average Bonchev–Trinajstić information content (AvgIpc) is 2.84. The van der Waals surface area contributed by atoms with Gasteiger partial charge in [0, 0.05) is 7.05 Å². The number of esters is 1. The van der Waals surface area contributed by atoms with Crippen LogP contribution in [0.5, 0.6) is 0 Å². The van der Waals surface area contributed by atoms with Gasteiger partial charge in [-0.15, -0.1) is 0 Å². The number of nitrogens with one attached hydrogen (secondary N) is 1. The van der Waals surface area contributed by atoms with Crippen molar-refractivity contribution in [1.29, 1.82) is 5.26 Å². The van der Waals surface area contributed by atoms with Gasteiger partial charge in [-0.1, -0.05) is 0 Å². The molecule has 0 atom stereocenters. The van der Waals surface area contributed by atoms with Gasteiger partial charge < -0.3 is 9.72 Å². The van der Waals surface area contributed by atoms with Crippen LogP contribution in [0.2, 0.25) is 0 Å². The molecule has 0 unspecified atom stereocenters. The number of hydrogen-bond donors (Lipinski definition) is 1. The van der Waals surface area contributed by atoms with E-state index in [4.69, 9.17) is 10.00 Å². The molecule has 2 rings (SSSR count). The molecule has 0 fully saturated rings. The van der Waals surface area contributed by atoms with Crippen LogP contribution in [0.4, 0.5) is 0 Å². The summed E-state index contributed by atoms with van der Waals surface area (Å²) < 4.78 is 4.84. The van der Waals surface area contributed by atoms with Crippen LogP contribution in [-0.2, 0) is 11.8 Å². The van der Waals surface area contributed by atoms with Gasteiger partial charge in [-0.3, -0.25) is 4.79 Å². The van der Waals surface area contributed by atoms with Crippen LogP contribution < -0.4 is 5.56 Å². The lowest BCUT2D eigenvalue weighted by Crippen LogP contribution is -2.18. The highest BCUT2D eigenvalue weighted by Gasteiger charge is 2.18. The normalized spacial score (nSPS) is 10.1. The van der Waals surface area contributed by atoms with E-state index in [0.29, 0.717) is 11.4 Å². The van der Waals surface area contributed by atoms with Gasteiger partial charge in [0.25, 0.3) is 5.56 Å².